The molecule has 0 unspecified atom stereocenters. The van der Waals surface area contributed by atoms with Crippen LogP contribution in [0.2, 0.25) is 0 Å². The molecule has 1 aliphatic carbocycles. The smallest absolute Gasteiger partial charge is 0.0760 e. The number of nitriles is 1. The van der Waals surface area contributed by atoms with E-state index in [0.717, 1.165) is 24.7 Å². The van der Waals surface area contributed by atoms with Gasteiger partial charge in [0.2, 0.25) is 0 Å². The zero-order chi connectivity index (χ0) is 9.90. The Morgan fingerprint density at radius 1 is 1.31 bits per heavy atom. The third-order valence-electron chi connectivity index (χ3n) is 2.77. The lowest BCUT2D eigenvalue weighted by Gasteiger charge is -2.30. The van der Waals surface area contributed by atoms with Crippen molar-refractivity contribution < 1.29 is 0 Å². The Labute approximate surface area is 82.1 Å². The lowest BCUT2D eigenvalue weighted by atomic mass is 9.75. The zero-order valence-corrected chi connectivity index (χ0v) is 9.06. The Hall–Kier alpha value is -0.510. The van der Waals surface area contributed by atoms with Gasteiger partial charge in [-0.25, -0.2) is 0 Å². The molecule has 0 aliphatic heterocycles. The summed E-state index contributed by atoms with van der Waals surface area (Å²) in [5.41, 5.74) is 0.453. The highest BCUT2D eigenvalue weighted by Crippen LogP contribution is 2.36. The van der Waals surface area contributed by atoms with Crippen molar-refractivity contribution in [2.45, 2.75) is 52.9 Å². The molecule has 0 atom stereocenters. The first kappa shape index (κ1) is 10.6. The van der Waals surface area contributed by atoms with Crippen LogP contribution in [0.5, 0.6) is 0 Å². The van der Waals surface area contributed by atoms with Crippen LogP contribution < -0.4 is 0 Å². The van der Waals surface area contributed by atoms with Crippen LogP contribution in [0.25, 0.3) is 0 Å². The molecule has 73 valence electrons. The molecule has 0 spiro atoms. The molecule has 1 heteroatoms. The molecule has 0 aromatic carbocycles. The van der Waals surface area contributed by atoms with Gasteiger partial charge in [-0.2, -0.15) is 5.26 Å². The van der Waals surface area contributed by atoms with E-state index in [2.05, 4.69) is 26.8 Å². The van der Waals surface area contributed by atoms with Crippen LogP contribution in [-0.4, -0.2) is 0 Å². The molecule has 0 saturated heterocycles. The Bertz CT molecular complexity index is 186. The molecule has 1 nitrogen and oxygen atoms in total. The first-order valence-electron chi connectivity index (χ1n) is 5.26. The summed E-state index contributed by atoms with van der Waals surface area (Å²) in [6.07, 6.45) is 5.89. The normalized spacial score (nSPS) is 21.4. The SMILES string of the molecule is CC(C)(C)CC1CC[C](C#N)CC1. The number of hydrogen-bond acceptors (Lipinski definition) is 1. The maximum absolute atomic E-state index is 8.72. The summed E-state index contributed by atoms with van der Waals surface area (Å²) in [7, 11) is 0. The van der Waals surface area contributed by atoms with E-state index in [9.17, 15) is 0 Å². The van der Waals surface area contributed by atoms with Gasteiger partial charge in [-0.15, -0.1) is 0 Å². The Morgan fingerprint density at radius 3 is 2.23 bits per heavy atom. The van der Waals surface area contributed by atoms with Gasteiger partial charge in [-0.3, -0.25) is 0 Å². The average Bonchev–Trinajstić information content (AvgIpc) is 2.03. The van der Waals surface area contributed by atoms with E-state index >= 15 is 0 Å². The van der Waals surface area contributed by atoms with Gasteiger partial charge in [0.1, 0.15) is 0 Å². The van der Waals surface area contributed by atoms with Gasteiger partial charge in [0.25, 0.3) is 0 Å². The lowest BCUT2D eigenvalue weighted by molar-refractivity contribution is 0.251. The summed E-state index contributed by atoms with van der Waals surface area (Å²) in [6.45, 7) is 6.91. The maximum atomic E-state index is 8.72. The molecule has 0 amide bonds. The van der Waals surface area contributed by atoms with Crippen LogP contribution >= 0.6 is 0 Å². The highest BCUT2D eigenvalue weighted by molar-refractivity contribution is 5.12. The molecule has 13 heavy (non-hydrogen) atoms. The van der Waals surface area contributed by atoms with Crippen molar-refractivity contribution in [1.82, 2.24) is 0 Å². The third-order valence-corrected chi connectivity index (χ3v) is 2.77. The van der Waals surface area contributed by atoms with Gasteiger partial charge >= 0.3 is 0 Å². The van der Waals surface area contributed by atoms with Crippen molar-refractivity contribution in [3.63, 3.8) is 0 Å². The second-order valence-electron chi connectivity index (χ2n) is 5.42. The molecule has 0 N–H and O–H groups in total. The average molecular weight is 178 g/mol. The van der Waals surface area contributed by atoms with Gasteiger partial charge in [0.05, 0.1) is 12.0 Å². The standard InChI is InChI=1S/C12H20N/c1-12(2,3)8-10-4-6-11(9-13)7-5-10/h10H,4-8H2,1-3H3. The summed E-state index contributed by atoms with van der Waals surface area (Å²) in [5, 5.41) is 8.72. The minimum atomic E-state index is 0.453. The number of rotatable bonds is 1. The minimum Gasteiger partial charge on any atom is -0.198 e. The summed E-state index contributed by atoms with van der Waals surface area (Å²) >= 11 is 0. The largest absolute Gasteiger partial charge is 0.198 e. The Kier molecular flexibility index (Phi) is 3.36. The molecule has 1 saturated carbocycles. The van der Waals surface area contributed by atoms with Gasteiger partial charge in [-0.05, 0) is 43.4 Å². The molecular formula is C12H20N. The van der Waals surface area contributed by atoms with Crippen LogP contribution in [0.1, 0.15) is 52.9 Å². The summed E-state index contributed by atoms with van der Waals surface area (Å²) in [4.78, 5) is 0. The fraction of sp³-hybridized carbons (Fsp3) is 0.833. The molecular weight excluding hydrogens is 158 g/mol. The highest BCUT2D eigenvalue weighted by Gasteiger charge is 2.25. The zero-order valence-electron chi connectivity index (χ0n) is 9.06. The van der Waals surface area contributed by atoms with Gasteiger partial charge in [-0.1, -0.05) is 20.8 Å². The van der Waals surface area contributed by atoms with Crippen LogP contribution in [0, 0.1) is 28.6 Å². The van der Waals surface area contributed by atoms with E-state index in [1.165, 1.54) is 19.3 Å². The van der Waals surface area contributed by atoms with Crippen molar-refractivity contribution >= 4 is 0 Å². The van der Waals surface area contributed by atoms with Crippen molar-refractivity contribution in [2.75, 3.05) is 0 Å². The van der Waals surface area contributed by atoms with Crippen LogP contribution in [0.3, 0.4) is 0 Å². The van der Waals surface area contributed by atoms with Crippen molar-refractivity contribution in [3.05, 3.63) is 5.92 Å². The molecule has 0 aromatic heterocycles. The fourth-order valence-electron chi connectivity index (χ4n) is 2.21. The van der Waals surface area contributed by atoms with Gasteiger partial charge in [0, 0.05) is 0 Å². The van der Waals surface area contributed by atoms with Crippen molar-refractivity contribution in [2.24, 2.45) is 11.3 Å². The van der Waals surface area contributed by atoms with Gasteiger partial charge < -0.3 is 0 Å². The minimum absolute atomic E-state index is 0.453. The molecule has 1 aliphatic rings. The van der Waals surface area contributed by atoms with Crippen LogP contribution in [-0.2, 0) is 0 Å². The second-order valence-corrected chi connectivity index (χ2v) is 5.42. The quantitative estimate of drug-likeness (QED) is 0.600. The van der Waals surface area contributed by atoms with Crippen LogP contribution in [0.4, 0.5) is 0 Å². The molecule has 0 bridgehead atoms. The summed E-state index contributed by atoms with van der Waals surface area (Å²) in [5.74, 6) is 1.97. The molecule has 1 rings (SSSR count). The predicted molar refractivity (Wildman–Crippen MR) is 54.9 cm³/mol. The maximum Gasteiger partial charge on any atom is 0.0760 e. The lowest BCUT2D eigenvalue weighted by Crippen LogP contribution is -2.18. The predicted octanol–water partition coefficient (Wildman–Crippen LogP) is 3.71. The highest BCUT2D eigenvalue weighted by atomic mass is 14.3. The number of nitrogens with zero attached hydrogens (tertiary/aromatic N) is 1. The van der Waals surface area contributed by atoms with E-state index in [-0.39, 0.29) is 0 Å². The summed E-state index contributed by atoms with van der Waals surface area (Å²) < 4.78 is 0. The Balaban J connectivity index is 2.30. The molecule has 1 fully saturated rings. The molecule has 1 radical (unpaired) electrons. The molecule has 0 aromatic rings. The van der Waals surface area contributed by atoms with Gasteiger partial charge in [0.15, 0.2) is 0 Å². The first-order valence-corrected chi connectivity index (χ1v) is 5.26. The fourth-order valence-corrected chi connectivity index (χ4v) is 2.21. The Morgan fingerprint density at radius 2 is 1.85 bits per heavy atom. The summed E-state index contributed by atoms with van der Waals surface area (Å²) in [6, 6.07) is 2.30. The van der Waals surface area contributed by atoms with Crippen LogP contribution in [0.15, 0.2) is 0 Å². The van der Waals surface area contributed by atoms with E-state index in [1.807, 2.05) is 0 Å². The second kappa shape index (κ2) is 4.13. The van der Waals surface area contributed by atoms with Crippen molar-refractivity contribution in [3.8, 4) is 6.07 Å². The van der Waals surface area contributed by atoms with E-state index < -0.39 is 0 Å². The van der Waals surface area contributed by atoms with Crippen molar-refractivity contribution in [1.29, 1.82) is 5.26 Å². The number of hydrogen-bond donors (Lipinski definition) is 0. The van der Waals surface area contributed by atoms with E-state index in [4.69, 9.17) is 5.26 Å². The topological polar surface area (TPSA) is 23.8 Å². The molecule has 0 heterocycles. The monoisotopic (exact) mass is 178 g/mol. The van der Waals surface area contributed by atoms with E-state index in [1.54, 1.807) is 0 Å². The third kappa shape index (κ3) is 3.81. The van der Waals surface area contributed by atoms with E-state index in [0.29, 0.717) is 5.41 Å². The first-order chi connectivity index (χ1) is 6.01.